The van der Waals surface area contributed by atoms with Gasteiger partial charge in [-0.25, -0.2) is 9.37 Å². The number of carbonyl (C=O) groups excluding carboxylic acids is 1. The van der Waals surface area contributed by atoms with Crippen molar-refractivity contribution >= 4 is 34.2 Å². The maximum absolute atomic E-state index is 13.2. The van der Waals surface area contributed by atoms with E-state index in [1.54, 1.807) is 12.1 Å². The average Bonchev–Trinajstić information content (AvgIpc) is 3.19. The second-order valence-electron chi connectivity index (χ2n) is 8.80. The number of likely N-dealkylation sites (tertiary alicyclic amines) is 1. The number of anilines is 1. The van der Waals surface area contributed by atoms with E-state index < -0.39 is 0 Å². The van der Waals surface area contributed by atoms with Crippen LogP contribution >= 0.6 is 11.6 Å². The standard InChI is InChI=1S/C27H26ClFN4O/c28-21-9-7-19(8-10-21)16-33-25-6-2-1-5-24(25)31-26(33)18-32-15-3-4-20(17-32)27(34)30-23-13-11-22(29)12-14-23/h1-2,5-14,20H,3-4,15-18H2,(H,30,34)/t20-/m1/s1. The van der Waals surface area contributed by atoms with Crippen molar-refractivity contribution in [2.24, 2.45) is 5.92 Å². The molecule has 7 heteroatoms. The van der Waals surface area contributed by atoms with E-state index in [2.05, 4.69) is 20.9 Å². The van der Waals surface area contributed by atoms with Gasteiger partial charge in [0.15, 0.2) is 0 Å². The van der Waals surface area contributed by atoms with Gasteiger partial charge in [-0.3, -0.25) is 9.69 Å². The second-order valence-corrected chi connectivity index (χ2v) is 9.24. The Morgan fingerprint density at radius 3 is 2.59 bits per heavy atom. The highest BCUT2D eigenvalue weighted by Gasteiger charge is 2.27. The van der Waals surface area contributed by atoms with E-state index in [4.69, 9.17) is 16.6 Å². The van der Waals surface area contributed by atoms with Crippen LogP contribution < -0.4 is 5.32 Å². The average molecular weight is 477 g/mol. The zero-order valence-electron chi connectivity index (χ0n) is 18.8. The van der Waals surface area contributed by atoms with Crippen molar-refractivity contribution in [3.8, 4) is 0 Å². The van der Waals surface area contributed by atoms with Gasteiger partial charge in [0.2, 0.25) is 5.91 Å². The number of para-hydroxylation sites is 2. The number of nitrogens with one attached hydrogen (secondary N) is 1. The van der Waals surface area contributed by atoms with E-state index in [-0.39, 0.29) is 17.6 Å². The molecule has 0 bridgehead atoms. The summed E-state index contributed by atoms with van der Waals surface area (Å²) in [4.78, 5) is 20.1. The Morgan fingerprint density at radius 1 is 1.03 bits per heavy atom. The van der Waals surface area contributed by atoms with Crippen molar-refractivity contribution in [2.45, 2.75) is 25.9 Å². The van der Waals surface area contributed by atoms with E-state index in [1.807, 2.05) is 42.5 Å². The van der Waals surface area contributed by atoms with Crippen LogP contribution in [0.4, 0.5) is 10.1 Å². The molecular weight excluding hydrogens is 451 g/mol. The Balaban J connectivity index is 1.32. The summed E-state index contributed by atoms with van der Waals surface area (Å²) in [5.41, 5.74) is 3.83. The first-order chi connectivity index (χ1) is 16.5. The van der Waals surface area contributed by atoms with Gasteiger partial charge < -0.3 is 9.88 Å². The lowest BCUT2D eigenvalue weighted by atomic mass is 9.97. The van der Waals surface area contributed by atoms with Crippen molar-refractivity contribution in [1.29, 1.82) is 0 Å². The molecule has 2 heterocycles. The lowest BCUT2D eigenvalue weighted by molar-refractivity contribution is -0.121. The molecule has 1 saturated heterocycles. The molecule has 34 heavy (non-hydrogen) atoms. The third-order valence-corrected chi connectivity index (χ3v) is 6.59. The molecule has 0 radical (unpaired) electrons. The van der Waals surface area contributed by atoms with Gasteiger partial charge >= 0.3 is 0 Å². The number of rotatable bonds is 6. The minimum absolute atomic E-state index is 0.0222. The molecule has 1 aliphatic heterocycles. The highest BCUT2D eigenvalue weighted by atomic mass is 35.5. The zero-order chi connectivity index (χ0) is 23.5. The lowest BCUT2D eigenvalue weighted by Gasteiger charge is -2.31. The van der Waals surface area contributed by atoms with E-state index >= 15 is 0 Å². The van der Waals surface area contributed by atoms with Crippen LogP contribution in [0, 0.1) is 11.7 Å². The Kier molecular flexibility index (Phi) is 6.61. The molecule has 5 rings (SSSR count). The fraction of sp³-hybridized carbons (Fsp3) is 0.259. The fourth-order valence-corrected chi connectivity index (χ4v) is 4.71. The van der Waals surface area contributed by atoms with Crippen LogP contribution in [0.15, 0.2) is 72.8 Å². The van der Waals surface area contributed by atoms with Crippen molar-refractivity contribution < 1.29 is 9.18 Å². The van der Waals surface area contributed by atoms with Crippen molar-refractivity contribution in [3.05, 3.63) is 95.0 Å². The highest BCUT2D eigenvalue weighted by Crippen LogP contribution is 2.24. The number of hydrogen-bond donors (Lipinski definition) is 1. The first-order valence-electron chi connectivity index (χ1n) is 11.5. The molecule has 5 nitrogen and oxygen atoms in total. The smallest absolute Gasteiger partial charge is 0.228 e. The predicted octanol–water partition coefficient (Wildman–Crippen LogP) is 5.73. The van der Waals surface area contributed by atoms with Crippen molar-refractivity contribution in [2.75, 3.05) is 18.4 Å². The number of imidazole rings is 1. The van der Waals surface area contributed by atoms with Gasteiger partial charge in [0.25, 0.3) is 0 Å². The molecule has 0 spiro atoms. The van der Waals surface area contributed by atoms with Gasteiger partial charge in [-0.1, -0.05) is 35.9 Å². The molecule has 1 amide bonds. The Bertz CT molecular complexity index is 1290. The summed E-state index contributed by atoms with van der Waals surface area (Å²) < 4.78 is 15.4. The summed E-state index contributed by atoms with van der Waals surface area (Å²) in [6.07, 6.45) is 1.78. The number of piperidine rings is 1. The molecule has 1 atom stereocenters. The molecular formula is C27H26ClFN4O. The third-order valence-electron chi connectivity index (χ3n) is 6.34. The van der Waals surface area contributed by atoms with Crippen LogP contribution in [-0.2, 0) is 17.9 Å². The molecule has 174 valence electrons. The molecule has 0 aliphatic carbocycles. The first kappa shape index (κ1) is 22.6. The summed E-state index contributed by atoms with van der Waals surface area (Å²) >= 11 is 6.07. The Labute approximate surface area is 203 Å². The normalized spacial score (nSPS) is 16.6. The topological polar surface area (TPSA) is 50.2 Å². The quantitative estimate of drug-likeness (QED) is 0.386. The number of aromatic nitrogens is 2. The first-order valence-corrected chi connectivity index (χ1v) is 11.9. The molecule has 1 aromatic heterocycles. The number of fused-ring (bicyclic) bond motifs is 1. The maximum atomic E-state index is 13.2. The van der Waals surface area contributed by atoms with E-state index in [1.165, 1.54) is 12.1 Å². The van der Waals surface area contributed by atoms with Crippen LogP contribution in [-0.4, -0.2) is 33.4 Å². The summed E-state index contributed by atoms with van der Waals surface area (Å²) in [6, 6.07) is 21.9. The molecule has 0 unspecified atom stereocenters. The van der Waals surface area contributed by atoms with E-state index in [9.17, 15) is 9.18 Å². The highest BCUT2D eigenvalue weighted by molar-refractivity contribution is 6.30. The van der Waals surface area contributed by atoms with Crippen LogP contribution in [0.2, 0.25) is 5.02 Å². The van der Waals surface area contributed by atoms with E-state index in [0.717, 1.165) is 46.8 Å². The summed E-state index contributed by atoms with van der Waals surface area (Å²) in [7, 11) is 0. The van der Waals surface area contributed by atoms with Gasteiger partial charge in [-0.15, -0.1) is 0 Å². The van der Waals surface area contributed by atoms with Crippen molar-refractivity contribution in [3.63, 3.8) is 0 Å². The maximum Gasteiger partial charge on any atom is 0.228 e. The van der Waals surface area contributed by atoms with Crippen LogP contribution in [0.1, 0.15) is 24.2 Å². The van der Waals surface area contributed by atoms with Gasteiger partial charge in [0, 0.05) is 23.8 Å². The van der Waals surface area contributed by atoms with Gasteiger partial charge in [0.1, 0.15) is 11.6 Å². The molecule has 1 N–H and O–H groups in total. The zero-order valence-corrected chi connectivity index (χ0v) is 19.5. The largest absolute Gasteiger partial charge is 0.326 e. The fourth-order valence-electron chi connectivity index (χ4n) is 4.59. The minimum atomic E-state index is -0.316. The van der Waals surface area contributed by atoms with Crippen molar-refractivity contribution in [1.82, 2.24) is 14.5 Å². The molecule has 1 aliphatic rings. The SMILES string of the molecule is O=C(Nc1ccc(F)cc1)[C@@H]1CCCN(Cc2nc3ccccc3n2Cc2ccc(Cl)cc2)C1. The number of amides is 1. The Hall–Kier alpha value is -3.22. The van der Waals surface area contributed by atoms with E-state index in [0.29, 0.717) is 25.3 Å². The number of hydrogen-bond acceptors (Lipinski definition) is 3. The van der Waals surface area contributed by atoms with Gasteiger partial charge in [0.05, 0.1) is 23.5 Å². The number of halogens is 2. The number of nitrogens with zero attached hydrogens (tertiary/aromatic N) is 3. The van der Waals surface area contributed by atoms with Gasteiger partial charge in [-0.05, 0) is 73.5 Å². The third kappa shape index (κ3) is 5.13. The molecule has 4 aromatic rings. The monoisotopic (exact) mass is 476 g/mol. The van der Waals surface area contributed by atoms with Crippen LogP contribution in [0.25, 0.3) is 11.0 Å². The number of benzene rings is 3. The summed E-state index contributed by atoms with van der Waals surface area (Å²) in [5, 5.41) is 3.65. The summed E-state index contributed by atoms with van der Waals surface area (Å²) in [5.74, 6) is 0.526. The van der Waals surface area contributed by atoms with Crippen LogP contribution in [0.5, 0.6) is 0 Å². The predicted molar refractivity (Wildman–Crippen MR) is 133 cm³/mol. The molecule has 1 fully saturated rings. The molecule has 0 saturated carbocycles. The summed E-state index contributed by atoms with van der Waals surface area (Å²) in [6.45, 7) is 2.96. The van der Waals surface area contributed by atoms with Gasteiger partial charge in [-0.2, -0.15) is 0 Å². The lowest BCUT2D eigenvalue weighted by Crippen LogP contribution is -2.40. The second kappa shape index (κ2) is 9.95. The minimum Gasteiger partial charge on any atom is -0.326 e. The molecule has 3 aromatic carbocycles. The number of carbonyl (C=O) groups is 1. The van der Waals surface area contributed by atoms with Crippen LogP contribution in [0.3, 0.4) is 0 Å². The Morgan fingerprint density at radius 2 is 1.79 bits per heavy atom.